The average Bonchev–Trinajstić information content (AvgIpc) is 3.48. The molecule has 0 fully saturated rings. The fourth-order valence-electron chi connectivity index (χ4n) is 2.93. The van der Waals surface area contributed by atoms with Crippen LogP contribution in [-0.2, 0) is 17.6 Å². The van der Waals surface area contributed by atoms with Gasteiger partial charge >= 0.3 is 0 Å². The lowest BCUT2D eigenvalue weighted by atomic mass is 10.2. The standard InChI is InChI=1S/C22H20ClN3O2S2/c1-14-26-18(13-29-14)20-7-6-17(30-20)10-11-24-21(27)8-9-22-25-12-19(28-22)15-2-4-16(23)5-3-15/h2-7,12-13H,8-11H2,1H3,(H,24,27). The normalized spacial score (nSPS) is 11.0. The molecule has 0 aliphatic heterocycles. The zero-order chi connectivity index (χ0) is 20.9. The Balaban J connectivity index is 1.21. The topological polar surface area (TPSA) is 68.0 Å². The van der Waals surface area contributed by atoms with Gasteiger partial charge in [0, 0.05) is 40.2 Å². The predicted molar refractivity (Wildman–Crippen MR) is 122 cm³/mol. The molecular weight excluding hydrogens is 438 g/mol. The van der Waals surface area contributed by atoms with Gasteiger partial charge in [-0.3, -0.25) is 4.79 Å². The van der Waals surface area contributed by atoms with E-state index in [2.05, 4.69) is 32.8 Å². The van der Waals surface area contributed by atoms with Gasteiger partial charge in [-0.05, 0) is 49.7 Å². The van der Waals surface area contributed by atoms with E-state index >= 15 is 0 Å². The molecule has 30 heavy (non-hydrogen) atoms. The SMILES string of the molecule is Cc1nc(-c2ccc(CCNC(=O)CCc3ncc(-c4ccc(Cl)cc4)o3)s2)cs1. The first-order valence-electron chi connectivity index (χ1n) is 9.55. The number of carbonyl (C=O) groups excluding carboxylic acids is 1. The number of rotatable bonds is 8. The Morgan fingerprint density at radius 1 is 1.17 bits per heavy atom. The fourth-order valence-corrected chi connectivity index (χ4v) is 4.72. The van der Waals surface area contributed by atoms with Gasteiger partial charge in [0.25, 0.3) is 0 Å². The Bertz CT molecular complexity index is 1130. The van der Waals surface area contributed by atoms with Crippen molar-refractivity contribution >= 4 is 40.2 Å². The van der Waals surface area contributed by atoms with Crippen molar-refractivity contribution in [2.75, 3.05) is 6.54 Å². The third-order valence-electron chi connectivity index (χ3n) is 4.47. The fraction of sp³-hybridized carbons (Fsp3) is 0.227. The highest BCUT2D eigenvalue weighted by Crippen LogP contribution is 2.29. The summed E-state index contributed by atoms with van der Waals surface area (Å²) in [5, 5.41) is 6.79. The average molecular weight is 458 g/mol. The van der Waals surface area contributed by atoms with E-state index in [0.717, 1.165) is 22.7 Å². The Labute approximate surface area is 187 Å². The number of halogens is 1. The molecule has 1 amide bonds. The third kappa shape index (κ3) is 5.36. The minimum Gasteiger partial charge on any atom is -0.441 e. The van der Waals surface area contributed by atoms with Gasteiger partial charge in [0.1, 0.15) is 0 Å². The third-order valence-corrected chi connectivity index (χ3v) is 6.67. The molecule has 1 aromatic carbocycles. The van der Waals surface area contributed by atoms with E-state index in [9.17, 15) is 4.79 Å². The number of hydrogen-bond donors (Lipinski definition) is 1. The van der Waals surface area contributed by atoms with E-state index in [4.69, 9.17) is 16.0 Å². The number of oxazole rings is 1. The van der Waals surface area contributed by atoms with E-state index in [0.29, 0.717) is 36.1 Å². The van der Waals surface area contributed by atoms with E-state index in [1.54, 1.807) is 41.0 Å². The van der Waals surface area contributed by atoms with Crippen LogP contribution in [0.2, 0.25) is 5.02 Å². The summed E-state index contributed by atoms with van der Waals surface area (Å²) in [6, 6.07) is 11.6. The number of nitrogens with one attached hydrogen (secondary N) is 1. The van der Waals surface area contributed by atoms with E-state index < -0.39 is 0 Å². The van der Waals surface area contributed by atoms with Crippen LogP contribution in [0.1, 0.15) is 22.2 Å². The van der Waals surface area contributed by atoms with Gasteiger partial charge in [0.05, 0.1) is 21.8 Å². The highest BCUT2D eigenvalue weighted by atomic mass is 35.5. The van der Waals surface area contributed by atoms with Crippen LogP contribution in [0.25, 0.3) is 21.9 Å². The van der Waals surface area contributed by atoms with Crippen molar-refractivity contribution in [3.8, 4) is 21.9 Å². The first-order valence-corrected chi connectivity index (χ1v) is 11.6. The largest absolute Gasteiger partial charge is 0.441 e. The number of thiazole rings is 1. The maximum absolute atomic E-state index is 12.1. The summed E-state index contributed by atoms with van der Waals surface area (Å²) < 4.78 is 5.74. The Kier molecular flexibility index (Phi) is 6.62. The maximum Gasteiger partial charge on any atom is 0.220 e. The van der Waals surface area contributed by atoms with Gasteiger partial charge in [0.2, 0.25) is 5.91 Å². The van der Waals surface area contributed by atoms with Gasteiger partial charge in [-0.1, -0.05) is 11.6 Å². The van der Waals surface area contributed by atoms with Gasteiger partial charge in [0.15, 0.2) is 11.7 Å². The zero-order valence-electron chi connectivity index (χ0n) is 16.4. The van der Waals surface area contributed by atoms with Gasteiger partial charge in [-0.15, -0.1) is 22.7 Å². The lowest BCUT2D eigenvalue weighted by Gasteiger charge is -2.03. The molecule has 3 aromatic heterocycles. The molecular formula is C22H20ClN3O2S2. The van der Waals surface area contributed by atoms with Gasteiger partial charge in [-0.25, -0.2) is 9.97 Å². The molecule has 0 unspecified atom stereocenters. The predicted octanol–water partition coefficient (Wildman–Crippen LogP) is 5.78. The van der Waals surface area contributed by atoms with Gasteiger partial charge < -0.3 is 9.73 Å². The van der Waals surface area contributed by atoms with Crippen molar-refractivity contribution in [1.82, 2.24) is 15.3 Å². The van der Waals surface area contributed by atoms with Crippen LogP contribution in [0.3, 0.4) is 0 Å². The van der Waals surface area contributed by atoms with Crippen molar-refractivity contribution in [1.29, 1.82) is 0 Å². The number of benzene rings is 1. The summed E-state index contributed by atoms with van der Waals surface area (Å²) in [5.74, 6) is 1.22. The van der Waals surface area contributed by atoms with Crippen LogP contribution in [0, 0.1) is 6.92 Å². The number of nitrogens with zero attached hydrogens (tertiary/aromatic N) is 2. The number of carbonyl (C=O) groups is 1. The van der Waals surface area contributed by atoms with Crippen LogP contribution in [0.5, 0.6) is 0 Å². The number of aryl methyl sites for hydroxylation is 2. The van der Waals surface area contributed by atoms with E-state index in [1.165, 1.54) is 9.75 Å². The first-order chi connectivity index (χ1) is 14.6. The maximum atomic E-state index is 12.1. The minimum absolute atomic E-state index is 0.00634. The number of hydrogen-bond acceptors (Lipinski definition) is 6. The zero-order valence-corrected chi connectivity index (χ0v) is 18.7. The molecule has 8 heteroatoms. The number of thiophene rings is 1. The second-order valence-corrected chi connectivity index (χ2v) is 9.41. The highest BCUT2D eigenvalue weighted by molar-refractivity contribution is 7.16. The molecule has 0 radical (unpaired) electrons. The second-order valence-electron chi connectivity index (χ2n) is 6.74. The highest BCUT2D eigenvalue weighted by Gasteiger charge is 2.10. The van der Waals surface area contributed by atoms with E-state index in [1.807, 2.05) is 19.1 Å². The molecule has 4 aromatic rings. The van der Waals surface area contributed by atoms with Crippen molar-refractivity contribution in [2.24, 2.45) is 0 Å². The lowest BCUT2D eigenvalue weighted by Crippen LogP contribution is -2.25. The van der Waals surface area contributed by atoms with Crippen LogP contribution in [0.4, 0.5) is 0 Å². The summed E-state index contributed by atoms with van der Waals surface area (Å²) in [4.78, 5) is 23.3. The molecule has 0 bridgehead atoms. The molecule has 1 N–H and O–H groups in total. The van der Waals surface area contributed by atoms with Gasteiger partial charge in [-0.2, -0.15) is 0 Å². The quantitative estimate of drug-likeness (QED) is 0.364. The molecule has 3 heterocycles. The minimum atomic E-state index is -0.00634. The van der Waals surface area contributed by atoms with Crippen LogP contribution in [-0.4, -0.2) is 22.4 Å². The van der Waals surface area contributed by atoms with Crippen LogP contribution < -0.4 is 5.32 Å². The number of aromatic nitrogens is 2. The Morgan fingerprint density at radius 2 is 2.00 bits per heavy atom. The first kappa shape index (κ1) is 20.8. The summed E-state index contributed by atoms with van der Waals surface area (Å²) in [7, 11) is 0. The summed E-state index contributed by atoms with van der Waals surface area (Å²) >= 11 is 9.28. The molecule has 4 rings (SSSR count). The molecule has 5 nitrogen and oxygen atoms in total. The Hall–Kier alpha value is -2.48. The molecule has 0 aliphatic carbocycles. The monoisotopic (exact) mass is 457 g/mol. The van der Waals surface area contributed by atoms with Crippen LogP contribution in [0.15, 0.2) is 52.4 Å². The van der Waals surface area contributed by atoms with Crippen molar-refractivity contribution in [2.45, 2.75) is 26.2 Å². The number of amides is 1. The molecule has 0 saturated carbocycles. The summed E-state index contributed by atoms with van der Waals surface area (Å²) in [6.07, 6.45) is 3.29. The van der Waals surface area contributed by atoms with Crippen molar-refractivity contribution in [3.05, 3.63) is 68.8 Å². The molecule has 0 saturated heterocycles. The summed E-state index contributed by atoms with van der Waals surface area (Å²) in [5.41, 5.74) is 1.94. The second kappa shape index (κ2) is 9.55. The lowest BCUT2D eigenvalue weighted by molar-refractivity contribution is -0.121. The molecule has 0 atom stereocenters. The van der Waals surface area contributed by atoms with Crippen LogP contribution >= 0.6 is 34.3 Å². The molecule has 154 valence electrons. The van der Waals surface area contributed by atoms with Crippen molar-refractivity contribution < 1.29 is 9.21 Å². The molecule has 0 aliphatic rings. The molecule has 0 spiro atoms. The van der Waals surface area contributed by atoms with Crippen molar-refractivity contribution in [3.63, 3.8) is 0 Å². The summed E-state index contributed by atoms with van der Waals surface area (Å²) in [6.45, 7) is 2.62. The smallest absolute Gasteiger partial charge is 0.220 e. The Morgan fingerprint density at radius 3 is 2.77 bits per heavy atom. The van der Waals surface area contributed by atoms with E-state index in [-0.39, 0.29) is 5.91 Å².